The van der Waals surface area contributed by atoms with Crippen LogP contribution in [0.15, 0.2) is 48.7 Å². The molecule has 3 fully saturated rings. The highest BCUT2D eigenvalue weighted by molar-refractivity contribution is 5.96. The minimum absolute atomic E-state index is 0.0237. The maximum Gasteiger partial charge on any atom is 0.271 e. The molecule has 0 unspecified atom stereocenters. The molecule has 2 saturated heterocycles. The first-order valence-corrected chi connectivity index (χ1v) is 15.0. The lowest BCUT2D eigenvalue weighted by molar-refractivity contribution is 0.0987. The van der Waals surface area contributed by atoms with Crippen LogP contribution in [-0.4, -0.2) is 77.9 Å². The highest BCUT2D eigenvalue weighted by atomic mass is 19.1. The molecule has 0 bridgehead atoms. The highest BCUT2D eigenvalue weighted by Gasteiger charge is 2.24. The number of halogens is 1. The van der Waals surface area contributed by atoms with E-state index in [2.05, 4.69) is 49.2 Å². The van der Waals surface area contributed by atoms with Gasteiger partial charge in [-0.1, -0.05) is 18.2 Å². The van der Waals surface area contributed by atoms with Gasteiger partial charge in [0.05, 0.1) is 11.8 Å². The molecule has 0 radical (unpaired) electrons. The zero-order chi connectivity index (χ0) is 30.3. The molecule has 2 aliphatic heterocycles. The lowest BCUT2D eigenvalue weighted by atomic mass is 10.1. The third kappa shape index (κ3) is 8.26. The molecule has 3 aliphatic rings. The van der Waals surface area contributed by atoms with Crippen LogP contribution in [0.2, 0.25) is 0 Å². The van der Waals surface area contributed by atoms with E-state index in [1.165, 1.54) is 24.1 Å². The standard InChI is InChI=1S/C22H31N7O.C10H10FNO/c1-27-11-13-28(14-12-27)16-17-5-7-18(8-6-17)25-22-20(21(23)30)24-15-19(26-22)29-9-3-2-4-10-29;11-9-5-7(6-1-2-6)3-4-8(9)10(12)13/h5-8,15H,2-4,9-14,16H2,1H3,(H2,23,30)(H,25,26);3-6H,1-2H2,(H2,12,13). The summed E-state index contributed by atoms with van der Waals surface area (Å²) in [5, 5.41) is 3.25. The molecule has 2 aromatic carbocycles. The van der Waals surface area contributed by atoms with Gasteiger partial charge in [0.1, 0.15) is 11.6 Å². The first-order chi connectivity index (χ1) is 20.8. The first kappa shape index (κ1) is 30.4. The smallest absolute Gasteiger partial charge is 0.271 e. The minimum Gasteiger partial charge on any atom is -0.366 e. The molecule has 3 aromatic rings. The van der Waals surface area contributed by atoms with Crippen molar-refractivity contribution in [2.45, 2.75) is 44.6 Å². The van der Waals surface area contributed by atoms with Crippen LogP contribution in [0.1, 0.15) is 70.0 Å². The van der Waals surface area contributed by atoms with E-state index in [0.29, 0.717) is 11.7 Å². The Balaban J connectivity index is 0.000000235. The van der Waals surface area contributed by atoms with E-state index in [1.807, 2.05) is 12.1 Å². The number of rotatable bonds is 8. The number of hydrogen-bond acceptors (Lipinski definition) is 8. The molecule has 6 rings (SSSR count). The summed E-state index contributed by atoms with van der Waals surface area (Å²) >= 11 is 0. The van der Waals surface area contributed by atoms with E-state index in [4.69, 9.17) is 11.5 Å². The number of amides is 2. The van der Waals surface area contributed by atoms with E-state index in [-0.39, 0.29) is 11.3 Å². The van der Waals surface area contributed by atoms with Gasteiger partial charge < -0.3 is 26.6 Å². The van der Waals surface area contributed by atoms with Gasteiger partial charge in [0.25, 0.3) is 11.8 Å². The van der Waals surface area contributed by atoms with Gasteiger partial charge in [-0.25, -0.2) is 14.4 Å². The SMILES string of the molecule is CN1CCN(Cc2ccc(Nc3nc(N4CCCCC4)cnc3C(N)=O)cc2)CC1.NC(=O)c1ccc(C2CC2)cc1F. The second kappa shape index (κ2) is 13.9. The maximum absolute atomic E-state index is 13.2. The summed E-state index contributed by atoms with van der Waals surface area (Å²) in [6, 6.07) is 12.9. The Morgan fingerprint density at radius 2 is 1.63 bits per heavy atom. The Labute approximate surface area is 252 Å². The number of carbonyl (C=O) groups excluding carboxylic acids is 2. The number of piperidine rings is 1. The van der Waals surface area contributed by atoms with Gasteiger partial charge >= 0.3 is 0 Å². The van der Waals surface area contributed by atoms with E-state index in [0.717, 1.165) is 88.6 Å². The van der Waals surface area contributed by atoms with Crippen LogP contribution in [0, 0.1) is 5.82 Å². The van der Waals surface area contributed by atoms with Crippen molar-refractivity contribution in [1.29, 1.82) is 0 Å². The van der Waals surface area contributed by atoms with Gasteiger partial charge in [0.15, 0.2) is 11.5 Å². The van der Waals surface area contributed by atoms with Crippen molar-refractivity contribution in [2.24, 2.45) is 11.5 Å². The summed E-state index contributed by atoms with van der Waals surface area (Å²) in [5.41, 5.74) is 13.8. The lowest BCUT2D eigenvalue weighted by Gasteiger charge is -2.32. The molecule has 1 aromatic heterocycles. The van der Waals surface area contributed by atoms with Crippen molar-refractivity contribution >= 4 is 29.1 Å². The summed E-state index contributed by atoms with van der Waals surface area (Å²) in [5.74, 6) is -0.0960. The highest BCUT2D eigenvalue weighted by Crippen LogP contribution is 2.40. The number of aromatic nitrogens is 2. The summed E-state index contributed by atoms with van der Waals surface area (Å²) in [6.07, 6.45) is 7.43. The molecule has 1 saturated carbocycles. The largest absolute Gasteiger partial charge is 0.366 e. The van der Waals surface area contributed by atoms with Crippen molar-refractivity contribution in [2.75, 3.05) is 56.5 Å². The monoisotopic (exact) mass is 588 g/mol. The third-order valence-corrected chi connectivity index (χ3v) is 8.20. The second-order valence-corrected chi connectivity index (χ2v) is 11.6. The van der Waals surface area contributed by atoms with Gasteiger partial charge in [0, 0.05) is 51.5 Å². The molecule has 10 nitrogen and oxygen atoms in total. The van der Waals surface area contributed by atoms with Gasteiger partial charge in [-0.3, -0.25) is 14.5 Å². The number of nitrogens with zero attached hydrogens (tertiary/aromatic N) is 5. The van der Waals surface area contributed by atoms with Crippen LogP contribution in [-0.2, 0) is 6.54 Å². The Kier molecular flexibility index (Phi) is 9.83. The van der Waals surface area contributed by atoms with Crippen molar-refractivity contribution < 1.29 is 14.0 Å². The average molecular weight is 589 g/mol. The Morgan fingerprint density at radius 3 is 2.23 bits per heavy atom. The summed E-state index contributed by atoms with van der Waals surface area (Å²) in [7, 11) is 2.17. The molecule has 43 heavy (non-hydrogen) atoms. The number of piperazine rings is 1. The first-order valence-electron chi connectivity index (χ1n) is 15.0. The van der Waals surface area contributed by atoms with Crippen molar-refractivity contribution in [3.05, 3.63) is 76.9 Å². The van der Waals surface area contributed by atoms with Crippen LogP contribution in [0.5, 0.6) is 0 Å². The number of carbonyl (C=O) groups is 2. The topological polar surface area (TPSA) is 134 Å². The third-order valence-electron chi connectivity index (χ3n) is 8.20. The Morgan fingerprint density at radius 1 is 0.930 bits per heavy atom. The van der Waals surface area contributed by atoms with Crippen LogP contribution in [0.4, 0.5) is 21.7 Å². The fourth-order valence-corrected chi connectivity index (χ4v) is 5.42. The number of primary amides is 2. The van der Waals surface area contributed by atoms with E-state index in [9.17, 15) is 14.0 Å². The van der Waals surface area contributed by atoms with Gasteiger partial charge in [0.2, 0.25) is 0 Å². The average Bonchev–Trinajstić information content (AvgIpc) is 3.86. The van der Waals surface area contributed by atoms with Crippen LogP contribution < -0.4 is 21.7 Å². The summed E-state index contributed by atoms with van der Waals surface area (Å²) < 4.78 is 13.2. The summed E-state index contributed by atoms with van der Waals surface area (Å²) in [4.78, 5) is 38.6. The number of benzene rings is 2. The fourth-order valence-electron chi connectivity index (χ4n) is 5.42. The molecule has 0 spiro atoms. The second-order valence-electron chi connectivity index (χ2n) is 11.6. The molecule has 2 amide bonds. The summed E-state index contributed by atoms with van der Waals surface area (Å²) in [6.45, 7) is 7.29. The van der Waals surface area contributed by atoms with Gasteiger partial charge in [-0.15, -0.1) is 0 Å². The Hall–Kier alpha value is -4.09. The van der Waals surface area contributed by atoms with Gasteiger partial charge in [-0.2, -0.15) is 0 Å². The normalized spacial score (nSPS) is 17.6. The van der Waals surface area contributed by atoms with E-state index < -0.39 is 17.6 Å². The predicted octanol–water partition coefficient (Wildman–Crippen LogP) is 3.86. The molecule has 1 aliphatic carbocycles. The molecule has 228 valence electrons. The molecular weight excluding hydrogens is 547 g/mol. The van der Waals surface area contributed by atoms with Crippen LogP contribution >= 0.6 is 0 Å². The molecular formula is C32H41FN8O2. The van der Waals surface area contributed by atoms with Crippen molar-refractivity contribution in [3.8, 4) is 0 Å². The Bertz CT molecular complexity index is 1420. The number of nitrogens with two attached hydrogens (primary N) is 2. The van der Waals surface area contributed by atoms with Crippen molar-refractivity contribution in [1.82, 2.24) is 19.8 Å². The zero-order valence-electron chi connectivity index (χ0n) is 24.8. The predicted molar refractivity (Wildman–Crippen MR) is 166 cm³/mol. The molecule has 3 heterocycles. The number of likely N-dealkylation sites (N-methyl/N-ethyl adjacent to an activating group) is 1. The zero-order valence-corrected chi connectivity index (χ0v) is 24.8. The number of hydrogen-bond donors (Lipinski definition) is 3. The van der Waals surface area contributed by atoms with Crippen molar-refractivity contribution in [3.63, 3.8) is 0 Å². The van der Waals surface area contributed by atoms with E-state index >= 15 is 0 Å². The number of anilines is 3. The molecule has 5 N–H and O–H groups in total. The van der Waals surface area contributed by atoms with Crippen LogP contribution in [0.25, 0.3) is 0 Å². The van der Waals surface area contributed by atoms with E-state index in [1.54, 1.807) is 12.3 Å². The number of nitrogens with one attached hydrogen (secondary N) is 1. The minimum atomic E-state index is -0.708. The molecule has 0 atom stereocenters. The fraction of sp³-hybridized carbons (Fsp3) is 0.438. The lowest BCUT2D eigenvalue weighted by Crippen LogP contribution is -2.43. The van der Waals surface area contributed by atoms with Gasteiger partial charge in [-0.05, 0) is 80.5 Å². The van der Waals surface area contributed by atoms with Crippen LogP contribution in [0.3, 0.4) is 0 Å². The quantitative estimate of drug-likeness (QED) is 0.361. The molecule has 11 heteroatoms. The maximum atomic E-state index is 13.2.